The second-order valence-electron chi connectivity index (χ2n) is 3.91. The smallest absolute Gasteiger partial charge is 0.282 e. The largest absolute Gasteiger partial charge is 0.757 e. The Balaban J connectivity index is 2.36. The first-order valence-corrected chi connectivity index (χ1v) is 8.03. The van der Waals surface area contributed by atoms with E-state index in [9.17, 15) is 18.5 Å². The molecule has 1 radical (unpaired) electrons. The fourth-order valence-electron chi connectivity index (χ4n) is 1.54. The van der Waals surface area contributed by atoms with Gasteiger partial charge in [-0.25, -0.2) is 0 Å². The maximum absolute atomic E-state index is 12.1. The molecule has 0 spiro atoms. The Labute approximate surface area is 129 Å². The van der Waals surface area contributed by atoms with Crippen LogP contribution in [0.4, 0.5) is 5.69 Å². The molecule has 0 N–H and O–H groups in total. The number of halogens is 1. The summed E-state index contributed by atoms with van der Waals surface area (Å²) in [6, 6.07) is 4.67. The molecule has 0 aliphatic heterocycles. The third-order valence-corrected chi connectivity index (χ3v) is 4.85. The molecule has 1 aromatic rings. The molecule has 0 saturated carbocycles. The molecule has 0 saturated heterocycles. The van der Waals surface area contributed by atoms with Crippen LogP contribution in [0.1, 0.15) is 6.42 Å². The summed E-state index contributed by atoms with van der Waals surface area (Å²) in [6.45, 7) is 0. The predicted octanol–water partition coefficient (Wildman–Crippen LogP) is -0.878. The van der Waals surface area contributed by atoms with E-state index in [-0.39, 0.29) is 10.6 Å². The monoisotopic (exact) mass is 404 g/mol. The lowest BCUT2D eigenvalue weighted by atomic mass is 10.2. The van der Waals surface area contributed by atoms with E-state index in [4.69, 9.17) is 0 Å². The highest BCUT2D eigenvalue weighted by atomic mass is 127. The van der Waals surface area contributed by atoms with Crippen molar-refractivity contribution in [1.82, 2.24) is 0 Å². The summed E-state index contributed by atoms with van der Waals surface area (Å²) >= 11 is 2.02. The van der Waals surface area contributed by atoms with Crippen molar-refractivity contribution in [3.63, 3.8) is 0 Å². The maximum atomic E-state index is 12.1. The number of nitrogens with zero attached hydrogens (tertiary/aromatic N) is 2. The summed E-state index contributed by atoms with van der Waals surface area (Å²) in [6.07, 6.45) is 5.86. The Morgan fingerprint density at radius 1 is 1.25 bits per heavy atom. The molecule has 0 amide bonds. The number of sulfonamides is 1. The minimum atomic E-state index is -3.85. The Bertz CT molecular complexity index is 733. The molecule has 0 bridgehead atoms. The summed E-state index contributed by atoms with van der Waals surface area (Å²) in [7, 11) is -3.85. The van der Waals surface area contributed by atoms with Crippen molar-refractivity contribution in [2.45, 2.75) is 11.3 Å². The van der Waals surface area contributed by atoms with Crippen LogP contribution in [0.15, 0.2) is 55.4 Å². The number of hydrogen-bond acceptors (Lipinski definition) is 4. The molecule has 0 unspecified atom stereocenters. The van der Waals surface area contributed by atoms with Gasteiger partial charge in [0.25, 0.3) is 15.7 Å². The van der Waals surface area contributed by atoms with Crippen LogP contribution < -0.4 is 22.6 Å². The second-order valence-corrected chi connectivity index (χ2v) is 6.68. The zero-order chi connectivity index (χ0) is 14.8. The van der Waals surface area contributed by atoms with Crippen LogP contribution in [0.2, 0.25) is 0 Å². The fourth-order valence-corrected chi connectivity index (χ4v) is 3.30. The van der Waals surface area contributed by atoms with Crippen LogP contribution in [0.5, 0.6) is 0 Å². The molecular weight excluding hydrogens is 395 g/mol. The van der Waals surface area contributed by atoms with Crippen molar-refractivity contribution in [3.05, 3.63) is 56.2 Å². The molecule has 6 nitrogen and oxygen atoms in total. The molecule has 0 fully saturated rings. The van der Waals surface area contributed by atoms with E-state index in [0.29, 0.717) is 12.1 Å². The van der Waals surface area contributed by atoms with Gasteiger partial charge in [-0.15, -0.1) is 0 Å². The molecule has 1 aromatic carbocycles. The summed E-state index contributed by atoms with van der Waals surface area (Å²) in [4.78, 5) is 9.89. The van der Waals surface area contributed by atoms with E-state index in [1.807, 2.05) is 34.7 Å². The molecule has 20 heavy (non-hydrogen) atoms. The predicted molar refractivity (Wildman–Crippen MR) is 69.6 cm³/mol. The average Bonchev–Trinajstić information content (AvgIpc) is 2.41. The topological polar surface area (TPSA) is 89.6 Å². The van der Waals surface area contributed by atoms with Gasteiger partial charge in [0, 0.05) is 24.3 Å². The zero-order valence-electron chi connectivity index (χ0n) is 10.1. The van der Waals surface area contributed by atoms with Crippen molar-refractivity contribution in [3.8, 4) is 0 Å². The molecule has 1 aliphatic rings. The highest BCUT2D eigenvalue weighted by Gasteiger charge is 2.15. The van der Waals surface area contributed by atoms with E-state index in [1.54, 1.807) is 6.08 Å². The van der Waals surface area contributed by atoms with Crippen molar-refractivity contribution < 1.29 is 35.9 Å². The fraction of sp³-hybridized carbons (Fsp3) is 0.0833. The Morgan fingerprint density at radius 2 is 1.90 bits per heavy atom. The second kappa shape index (κ2) is 5.83. The van der Waals surface area contributed by atoms with Gasteiger partial charge in [-0.2, -0.15) is 16.4 Å². The average molecular weight is 404 g/mol. The van der Waals surface area contributed by atoms with Crippen molar-refractivity contribution in [2.24, 2.45) is 4.40 Å². The molecule has 8 heteroatoms. The van der Waals surface area contributed by atoms with Crippen LogP contribution >= 0.6 is 0 Å². The van der Waals surface area contributed by atoms with E-state index in [1.165, 1.54) is 12.1 Å². The molecule has 105 valence electrons. The van der Waals surface area contributed by atoms with Gasteiger partial charge >= 0.3 is 0 Å². The van der Waals surface area contributed by atoms with Gasteiger partial charge in [0.15, 0.2) is 0 Å². The first-order valence-electron chi connectivity index (χ1n) is 5.51. The van der Waals surface area contributed by atoms with Gasteiger partial charge in [-0.3, -0.25) is 10.1 Å². The van der Waals surface area contributed by atoms with E-state index < -0.39 is 14.9 Å². The third-order valence-electron chi connectivity index (χ3n) is 2.54. The number of rotatable bonds is 3. The van der Waals surface area contributed by atoms with E-state index in [0.717, 1.165) is 15.7 Å². The standard InChI is InChI=1S/C12H9IN2O4S/c13-11-3-1-2-4-12(11)14-20(18,19)10-7-5-9(6-8-10)15(16)17/h1-3,5-8H,4H2/q-1. The van der Waals surface area contributed by atoms with Crippen molar-refractivity contribution in [1.29, 1.82) is 0 Å². The quantitative estimate of drug-likeness (QED) is 0.372. The van der Waals surface area contributed by atoms with Crippen LogP contribution in [0, 0.1) is 10.1 Å². The first kappa shape index (κ1) is 14.9. The molecule has 0 atom stereocenters. The molecule has 0 heterocycles. The number of allylic oxidation sites excluding steroid dienone is 4. The first-order chi connectivity index (χ1) is 9.40. The molecular formula is C12H9IN2O4S-. The molecule has 2 rings (SSSR count). The Hall–Kier alpha value is -1.55. The van der Waals surface area contributed by atoms with Crippen LogP contribution in [0.25, 0.3) is 0 Å². The number of hydrogen-bond donors (Lipinski definition) is 0. The maximum Gasteiger partial charge on any atom is 0.282 e. The molecule has 1 aliphatic carbocycles. The zero-order valence-corrected chi connectivity index (χ0v) is 13.0. The lowest BCUT2D eigenvalue weighted by Gasteiger charge is -2.16. The lowest BCUT2D eigenvalue weighted by molar-refractivity contribution is -0.384. The van der Waals surface area contributed by atoms with Crippen molar-refractivity contribution in [2.75, 3.05) is 0 Å². The number of nitro groups is 1. The van der Waals surface area contributed by atoms with Crippen LogP contribution in [-0.4, -0.2) is 19.1 Å². The van der Waals surface area contributed by atoms with Gasteiger partial charge in [0.1, 0.15) is 0 Å². The molecule has 0 aromatic heterocycles. The summed E-state index contributed by atoms with van der Waals surface area (Å²) in [5.41, 5.74) is 0.304. The number of non-ortho nitro benzene ring substituents is 1. The Kier molecular flexibility index (Phi) is 4.33. The summed E-state index contributed by atoms with van der Waals surface area (Å²) in [5.74, 6) is 0. The van der Waals surface area contributed by atoms with Gasteiger partial charge < -0.3 is 22.6 Å². The number of nitro benzene ring substituents is 1. The van der Waals surface area contributed by atoms with Gasteiger partial charge in [0.2, 0.25) is 0 Å². The minimum absolute atomic E-state index is 0.0608. The van der Waals surface area contributed by atoms with Crippen molar-refractivity contribution >= 4 is 21.4 Å². The highest BCUT2D eigenvalue weighted by Crippen LogP contribution is 2.18. The lowest BCUT2D eigenvalue weighted by Crippen LogP contribution is -3.34. The highest BCUT2D eigenvalue weighted by molar-refractivity contribution is 7.90. The Morgan fingerprint density at radius 3 is 2.45 bits per heavy atom. The third kappa shape index (κ3) is 3.31. The minimum Gasteiger partial charge on any atom is -0.757 e. The number of benzene rings is 1. The van der Waals surface area contributed by atoms with Gasteiger partial charge in [-0.1, -0.05) is 18.2 Å². The van der Waals surface area contributed by atoms with E-state index in [2.05, 4.69) is 4.40 Å². The van der Waals surface area contributed by atoms with Gasteiger partial charge in [0.05, 0.1) is 9.82 Å². The van der Waals surface area contributed by atoms with Gasteiger partial charge in [-0.05, 0) is 12.1 Å². The summed E-state index contributed by atoms with van der Waals surface area (Å²) < 4.78 is 28.8. The van der Waals surface area contributed by atoms with Crippen LogP contribution in [0.3, 0.4) is 0 Å². The van der Waals surface area contributed by atoms with E-state index >= 15 is 0 Å². The summed E-state index contributed by atoms with van der Waals surface area (Å²) in [5, 5.41) is 10.5. The SMILES string of the molecule is O=[N+]([O-])c1ccc(S(=O)(=O)N=C2CC=CC=C2[I-])cc1. The van der Waals surface area contributed by atoms with Crippen LogP contribution in [-0.2, 0) is 10.0 Å². The normalized spacial score (nSPS) is 17.1.